The van der Waals surface area contributed by atoms with Crippen LogP contribution < -0.4 is 5.32 Å². The lowest BCUT2D eigenvalue weighted by Crippen LogP contribution is -2.27. The summed E-state index contributed by atoms with van der Waals surface area (Å²) in [6.07, 6.45) is 0. The lowest BCUT2D eigenvalue weighted by molar-refractivity contribution is -0.384. The third kappa shape index (κ3) is 4.47. The first kappa shape index (κ1) is 16.4. The fourth-order valence-electron chi connectivity index (χ4n) is 2.06. The quantitative estimate of drug-likeness (QED) is 0.556. The van der Waals surface area contributed by atoms with Crippen LogP contribution in [0.2, 0.25) is 0 Å². The van der Waals surface area contributed by atoms with Crippen LogP contribution >= 0.6 is 0 Å². The first-order valence-electron chi connectivity index (χ1n) is 6.85. The number of nitrogens with zero attached hydrogens (tertiary/aromatic N) is 2. The number of nitro benzene ring substituents is 1. The van der Waals surface area contributed by atoms with Crippen molar-refractivity contribution in [3.05, 3.63) is 33.9 Å². The summed E-state index contributed by atoms with van der Waals surface area (Å²) in [5.74, 6) is 0. The van der Waals surface area contributed by atoms with Gasteiger partial charge in [-0.05, 0) is 19.0 Å². The summed E-state index contributed by atoms with van der Waals surface area (Å²) in [5.41, 5.74) is 1.70. The SMILES string of the molecule is CCNc1c(CN(CC)CCOC)cccc1[N+](=O)[O-]. The number of likely N-dealkylation sites (N-methyl/N-ethyl adjacent to an activating group) is 1. The van der Waals surface area contributed by atoms with Crippen LogP contribution in [0.25, 0.3) is 0 Å². The van der Waals surface area contributed by atoms with Gasteiger partial charge in [0.15, 0.2) is 0 Å². The Balaban J connectivity index is 2.97. The molecule has 0 saturated carbocycles. The summed E-state index contributed by atoms with van der Waals surface area (Å²) in [7, 11) is 1.67. The van der Waals surface area contributed by atoms with E-state index < -0.39 is 0 Å². The van der Waals surface area contributed by atoms with E-state index in [1.807, 2.05) is 13.0 Å². The van der Waals surface area contributed by atoms with Gasteiger partial charge in [-0.2, -0.15) is 0 Å². The van der Waals surface area contributed by atoms with Gasteiger partial charge in [-0.25, -0.2) is 0 Å². The van der Waals surface area contributed by atoms with E-state index in [-0.39, 0.29) is 10.6 Å². The third-order valence-electron chi connectivity index (χ3n) is 3.13. The highest BCUT2D eigenvalue weighted by Crippen LogP contribution is 2.29. The van der Waals surface area contributed by atoms with Crippen molar-refractivity contribution in [2.24, 2.45) is 0 Å². The lowest BCUT2D eigenvalue weighted by Gasteiger charge is -2.21. The smallest absolute Gasteiger partial charge is 0.292 e. The molecule has 0 aliphatic carbocycles. The van der Waals surface area contributed by atoms with Gasteiger partial charge >= 0.3 is 0 Å². The number of nitrogens with one attached hydrogen (secondary N) is 1. The Morgan fingerprint density at radius 2 is 2.15 bits per heavy atom. The average molecular weight is 281 g/mol. The minimum absolute atomic E-state index is 0.132. The second-order valence-corrected chi connectivity index (χ2v) is 4.46. The molecule has 20 heavy (non-hydrogen) atoms. The molecule has 0 radical (unpaired) electrons. The van der Waals surface area contributed by atoms with Gasteiger partial charge in [0, 0.05) is 32.8 Å². The van der Waals surface area contributed by atoms with E-state index >= 15 is 0 Å². The Morgan fingerprint density at radius 3 is 2.70 bits per heavy atom. The number of ether oxygens (including phenoxy) is 1. The predicted molar refractivity (Wildman–Crippen MR) is 80.1 cm³/mol. The topological polar surface area (TPSA) is 67.6 Å². The second-order valence-electron chi connectivity index (χ2n) is 4.46. The summed E-state index contributed by atoms with van der Waals surface area (Å²) in [4.78, 5) is 13.0. The Hall–Kier alpha value is -1.66. The molecule has 0 saturated heterocycles. The summed E-state index contributed by atoms with van der Waals surface area (Å²) in [5, 5.41) is 14.2. The van der Waals surface area contributed by atoms with Gasteiger partial charge < -0.3 is 10.1 Å². The monoisotopic (exact) mass is 281 g/mol. The maximum Gasteiger partial charge on any atom is 0.292 e. The molecule has 1 rings (SSSR count). The molecule has 0 heterocycles. The van der Waals surface area contributed by atoms with Gasteiger partial charge in [-0.1, -0.05) is 19.1 Å². The van der Waals surface area contributed by atoms with Gasteiger partial charge in [-0.3, -0.25) is 15.0 Å². The maximum atomic E-state index is 11.1. The molecule has 0 aliphatic rings. The number of hydrogen-bond acceptors (Lipinski definition) is 5. The average Bonchev–Trinajstić information content (AvgIpc) is 2.44. The Labute approximate surface area is 119 Å². The standard InChI is InChI=1S/C14H23N3O3/c1-4-15-14-12(7-6-8-13(14)17(18)19)11-16(5-2)9-10-20-3/h6-8,15H,4-5,9-11H2,1-3H3. The normalized spacial score (nSPS) is 10.8. The van der Waals surface area contributed by atoms with Crippen molar-refractivity contribution in [2.75, 3.05) is 38.7 Å². The molecule has 112 valence electrons. The van der Waals surface area contributed by atoms with Crippen molar-refractivity contribution < 1.29 is 9.66 Å². The Morgan fingerprint density at radius 1 is 1.40 bits per heavy atom. The molecule has 0 fully saturated rings. The van der Waals surface area contributed by atoms with Crippen molar-refractivity contribution in [2.45, 2.75) is 20.4 Å². The van der Waals surface area contributed by atoms with Crippen molar-refractivity contribution in [1.82, 2.24) is 4.90 Å². The maximum absolute atomic E-state index is 11.1. The van der Waals surface area contributed by atoms with Crippen LogP contribution in [0.15, 0.2) is 18.2 Å². The van der Waals surface area contributed by atoms with Gasteiger partial charge in [0.25, 0.3) is 5.69 Å². The van der Waals surface area contributed by atoms with Crippen molar-refractivity contribution in [1.29, 1.82) is 0 Å². The highest BCUT2D eigenvalue weighted by atomic mass is 16.6. The van der Waals surface area contributed by atoms with E-state index in [4.69, 9.17) is 4.74 Å². The lowest BCUT2D eigenvalue weighted by atomic mass is 10.1. The van der Waals surface area contributed by atoms with Gasteiger partial charge in [0.1, 0.15) is 5.69 Å². The fourth-order valence-corrected chi connectivity index (χ4v) is 2.06. The summed E-state index contributed by atoms with van der Waals surface area (Å²) in [6, 6.07) is 5.20. The minimum Gasteiger partial charge on any atom is -0.383 e. The summed E-state index contributed by atoms with van der Waals surface area (Å²) >= 11 is 0. The van der Waals surface area contributed by atoms with E-state index in [1.165, 1.54) is 6.07 Å². The first-order valence-corrected chi connectivity index (χ1v) is 6.85. The number of hydrogen-bond donors (Lipinski definition) is 1. The fraction of sp³-hybridized carbons (Fsp3) is 0.571. The molecule has 1 aromatic rings. The molecule has 6 nitrogen and oxygen atoms in total. The Bertz CT molecular complexity index is 438. The number of nitro groups is 1. The van der Waals surface area contributed by atoms with Crippen LogP contribution in [0.1, 0.15) is 19.4 Å². The summed E-state index contributed by atoms with van der Waals surface area (Å²) in [6.45, 7) is 7.66. The molecule has 1 aromatic carbocycles. The molecule has 6 heteroatoms. The molecular weight excluding hydrogens is 258 g/mol. The molecule has 0 amide bonds. The molecule has 1 N–H and O–H groups in total. The molecular formula is C14H23N3O3. The number of benzene rings is 1. The van der Waals surface area contributed by atoms with Crippen LogP contribution in [-0.2, 0) is 11.3 Å². The highest BCUT2D eigenvalue weighted by Gasteiger charge is 2.17. The largest absolute Gasteiger partial charge is 0.383 e. The zero-order chi connectivity index (χ0) is 15.0. The van der Waals surface area contributed by atoms with E-state index in [2.05, 4.69) is 17.1 Å². The number of para-hydroxylation sites is 1. The van der Waals surface area contributed by atoms with Crippen molar-refractivity contribution in [3.63, 3.8) is 0 Å². The van der Waals surface area contributed by atoms with Crippen molar-refractivity contribution >= 4 is 11.4 Å². The van der Waals surface area contributed by atoms with E-state index in [0.29, 0.717) is 25.4 Å². The number of methoxy groups -OCH3 is 1. The van der Waals surface area contributed by atoms with Crippen LogP contribution in [-0.4, -0.2) is 43.2 Å². The van der Waals surface area contributed by atoms with Crippen LogP contribution in [0, 0.1) is 10.1 Å². The molecule has 0 bridgehead atoms. The van der Waals surface area contributed by atoms with Crippen molar-refractivity contribution in [3.8, 4) is 0 Å². The number of rotatable bonds is 9. The van der Waals surface area contributed by atoms with Crippen LogP contribution in [0.4, 0.5) is 11.4 Å². The van der Waals surface area contributed by atoms with Gasteiger partial charge in [0.2, 0.25) is 0 Å². The minimum atomic E-state index is -0.340. The first-order chi connectivity index (χ1) is 9.63. The number of anilines is 1. The molecule has 0 aliphatic heterocycles. The second kappa shape index (κ2) is 8.50. The van der Waals surface area contributed by atoms with E-state index in [9.17, 15) is 10.1 Å². The van der Waals surface area contributed by atoms with E-state index in [0.717, 1.165) is 18.7 Å². The van der Waals surface area contributed by atoms with Gasteiger partial charge in [0.05, 0.1) is 11.5 Å². The van der Waals surface area contributed by atoms with Crippen LogP contribution in [0.3, 0.4) is 0 Å². The molecule has 0 unspecified atom stereocenters. The summed E-state index contributed by atoms with van der Waals surface area (Å²) < 4.78 is 5.09. The zero-order valence-electron chi connectivity index (χ0n) is 12.4. The third-order valence-corrected chi connectivity index (χ3v) is 3.13. The molecule has 0 aromatic heterocycles. The molecule has 0 spiro atoms. The molecule has 0 atom stereocenters. The highest BCUT2D eigenvalue weighted by molar-refractivity contribution is 5.66. The van der Waals surface area contributed by atoms with Gasteiger partial charge in [-0.15, -0.1) is 0 Å². The predicted octanol–water partition coefficient (Wildman–Crippen LogP) is 2.49. The van der Waals surface area contributed by atoms with Crippen LogP contribution in [0.5, 0.6) is 0 Å². The Kier molecular flexibility index (Phi) is 6.97. The van der Waals surface area contributed by atoms with E-state index in [1.54, 1.807) is 13.2 Å². The zero-order valence-corrected chi connectivity index (χ0v) is 12.4.